The normalized spacial score (nSPS) is 12.5. The van der Waals surface area contributed by atoms with E-state index >= 15 is 0 Å². The first-order chi connectivity index (χ1) is 8.13. The molecule has 1 aromatic heterocycles. The fraction of sp³-hybridized carbons (Fsp3) is 0.583. The molecular weight excluding hydrogens is 240 g/mol. The van der Waals surface area contributed by atoms with Gasteiger partial charge in [0.2, 0.25) is 5.43 Å². The van der Waals surface area contributed by atoms with Gasteiger partial charge in [-0.1, -0.05) is 26.2 Å². The Kier molecular flexibility index (Phi) is 5.97. The van der Waals surface area contributed by atoms with Crippen molar-refractivity contribution in [1.29, 1.82) is 0 Å². The van der Waals surface area contributed by atoms with E-state index in [4.69, 9.17) is 9.52 Å². The molecule has 0 aliphatic rings. The number of hydrogen-bond donors (Lipinski definition) is 1. The van der Waals surface area contributed by atoms with Crippen molar-refractivity contribution in [2.45, 2.75) is 38.4 Å². The topological polar surface area (TPSA) is 67.5 Å². The maximum absolute atomic E-state index is 11.7. The fourth-order valence-corrected chi connectivity index (χ4v) is 2.58. The molecule has 0 aromatic carbocycles. The van der Waals surface area contributed by atoms with Gasteiger partial charge in [-0.05, 0) is 6.42 Å². The second kappa shape index (κ2) is 7.27. The Morgan fingerprint density at radius 1 is 1.35 bits per heavy atom. The predicted octanol–water partition coefficient (Wildman–Crippen LogP) is 2.17. The molecule has 0 aliphatic heterocycles. The van der Waals surface area contributed by atoms with Crippen LogP contribution < -0.4 is 5.43 Å². The molecule has 0 saturated heterocycles. The van der Waals surface area contributed by atoms with Crippen LogP contribution in [0, 0.1) is 0 Å². The van der Waals surface area contributed by atoms with E-state index in [0.29, 0.717) is 11.5 Å². The van der Waals surface area contributed by atoms with E-state index in [9.17, 15) is 9.00 Å². The average Bonchev–Trinajstić information content (AvgIpc) is 2.30. The van der Waals surface area contributed by atoms with E-state index in [1.807, 2.05) is 0 Å². The molecule has 1 rings (SSSR count). The van der Waals surface area contributed by atoms with Gasteiger partial charge in [0, 0.05) is 22.6 Å². The van der Waals surface area contributed by atoms with Crippen LogP contribution in [0.5, 0.6) is 5.75 Å². The quantitative estimate of drug-likeness (QED) is 0.761. The van der Waals surface area contributed by atoms with Crippen LogP contribution in [-0.4, -0.2) is 15.1 Å². The van der Waals surface area contributed by atoms with Crippen molar-refractivity contribution in [3.8, 4) is 5.75 Å². The molecule has 1 N–H and O–H groups in total. The van der Waals surface area contributed by atoms with Gasteiger partial charge in [0.15, 0.2) is 5.75 Å². The van der Waals surface area contributed by atoms with Crippen molar-refractivity contribution in [1.82, 2.24) is 0 Å². The van der Waals surface area contributed by atoms with E-state index in [1.165, 1.54) is 6.07 Å². The zero-order valence-electron chi connectivity index (χ0n) is 9.98. The van der Waals surface area contributed by atoms with E-state index in [1.54, 1.807) is 0 Å². The van der Waals surface area contributed by atoms with Crippen molar-refractivity contribution >= 4 is 10.8 Å². The molecule has 0 spiro atoms. The Bertz CT molecular complexity index is 425. The molecule has 96 valence electrons. The minimum Gasteiger partial charge on any atom is -0.502 e. The SMILES string of the molecule is CCCCCCS(=O)Cc1cc(=O)c(O)co1. The molecule has 0 amide bonds. The molecule has 17 heavy (non-hydrogen) atoms. The van der Waals surface area contributed by atoms with Crippen LogP contribution in [-0.2, 0) is 16.6 Å². The second-order valence-electron chi connectivity index (χ2n) is 3.94. The maximum Gasteiger partial charge on any atom is 0.226 e. The fourth-order valence-electron chi connectivity index (χ4n) is 1.44. The summed E-state index contributed by atoms with van der Waals surface area (Å²) in [5.74, 6) is 0.816. The zero-order chi connectivity index (χ0) is 12.7. The van der Waals surface area contributed by atoms with Gasteiger partial charge >= 0.3 is 0 Å². The number of aromatic hydroxyl groups is 1. The van der Waals surface area contributed by atoms with Crippen molar-refractivity contribution < 1.29 is 13.7 Å². The van der Waals surface area contributed by atoms with Gasteiger partial charge < -0.3 is 9.52 Å². The molecule has 1 heterocycles. The highest BCUT2D eigenvalue weighted by Gasteiger charge is 2.06. The van der Waals surface area contributed by atoms with E-state index in [-0.39, 0.29) is 5.75 Å². The predicted molar refractivity (Wildman–Crippen MR) is 67.5 cm³/mol. The third kappa shape index (κ3) is 5.17. The summed E-state index contributed by atoms with van der Waals surface area (Å²) in [6, 6.07) is 1.19. The second-order valence-corrected chi connectivity index (χ2v) is 5.52. The number of hydrogen-bond acceptors (Lipinski definition) is 4. The maximum atomic E-state index is 11.7. The van der Waals surface area contributed by atoms with E-state index < -0.39 is 22.0 Å². The standard InChI is InChI=1S/C12H18O4S/c1-2-3-4-5-6-17(15)9-10-7-11(13)12(14)8-16-10/h7-8,14H,2-6,9H2,1H3. The summed E-state index contributed by atoms with van der Waals surface area (Å²) in [6.45, 7) is 2.13. The lowest BCUT2D eigenvalue weighted by Gasteiger charge is -2.01. The monoisotopic (exact) mass is 258 g/mol. The summed E-state index contributed by atoms with van der Waals surface area (Å²) in [5.41, 5.74) is -0.491. The molecule has 5 heteroatoms. The molecule has 1 unspecified atom stereocenters. The minimum atomic E-state index is -1.00. The van der Waals surface area contributed by atoms with Gasteiger partial charge in [-0.25, -0.2) is 0 Å². The van der Waals surface area contributed by atoms with Gasteiger partial charge in [0.1, 0.15) is 12.0 Å². The van der Waals surface area contributed by atoms with Gasteiger partial charge in [0.05, 0.1) is 5.75 Å². The smallest absolute Gasteiger partial charge is 0.226 e. The Morgan fingerprint density at radius 3 is 2.76 bits per heavy atom. The zero-order valence-corrected chi connectivity index (χ0v) is 10.8. The van der Waals surface area contributed by atoms with Crippen LogP contribution in [0.4, 0.5) is 0 Å². The average molecular weight is 258 g/mol. The summed E-state index contributed by atoms with van der Waals surface area (Å²) in [4.78, 5) is 11.1. The van der Waals surface area contributed by atoms with Crippen LogP contribution in [0.2, 0.25) is 0 Å². The molecule has 4 nitrogen and oxygen atoms in total. The van der Waals surface area contributed by atoms with E-state index in [2.05, 4.69) is 6.92 Å². The Hall–Kier alpha value is -1.10. The van der Waals surface area contributed by atoms with Crippen molar-refractivity contribution in [2.75, 3.05) is 5.75 Å². The molecule has 0 aliphatic carbocycles. The number of unbranched alkanes of at least 4 members (excludes halogenated alkanes) is 3. The molecule has 0 radical (unpaired) electrons. The third-order valence-corrected chi connectivity index (χ3v) is 3.75. The van der Waals surface area contributed by atoms with Crippen LogP contribution >= 0.6 is 0 Å². The Balaban J connectivity index is 2.40. The van der Waals surface area contributed by atoms with Crippen LogP contribution in [0.3, 0.4) is 0 Å². The third-order valence-electron chi connectivity index (χ3n) is 2.40. The van der Waals surface area contributed by atoms with Gasteiger partial charge in [-0.3, -0.25) is 9.00 Å². The van der Waals surface area contributed by atoms with Crippen LogP contribution in [0.25, 0.3) is 0 Å². The van der Waals surface area contributed by atoms with Crippen LogP contribution in [0.1, 0.15) is 38.4 Å². The Morgan fingerprint density at radius 2 is 2.12 bits per heavy atom. The van der Waals surface area contributed by atoms with Crippen molar-refractivity contribution in [3.63, 3.8) is 0 Å². The summed E-state index contributed by atoms with van der Waals surface area (Å²) >= 11 is 0. The molecule has 1 atom stereocenters. The van der Waals surface area contributed by atoms with E-state index in [0.717, 1.165) is 31.9 Å². The Labute approximate surface area is 103 Å². The molecule has 1 aromatic rings. The van der Waals surface area contributed by atoms with Crippen molar-refractivity contribution in [2.24, 2.45) is 0 Å². The molecule has 0 fully saturated rings. The first-order valence-electron chi connectivity index (χ1n) is 5.79. The molecule has 0 bridgehead atoms. The van der Waals surface area contributed by atoms with Gasteiger partial charge in [-0.2, -0.15) is 0 Å². The lowest BCUT2D eigenvalue weighted by Crippen LogP contribution is -2.05. The summed E-state index contributed by atoms with van der Waals surface area (Å²) < 4.78 is 16.7. The lowest BCUT2D eigenvalue weighted by molar-refractivity contribution is 0.418. The van der Waals surface area contributed by atoms with Gasteiger partial charge in [-0.15, -0.1) is 0 Å². The summed E-state index contributed by atoms with van der Waals surface area (Å²) in [5, 5.41) is 9.00. The molecule has 0 saturated carbocycles. The lowest BCUT2D eigenvalue weighted by atomic mass is 10.2. The number of rotatable bonds is 7. The highest BCUT2D eigenvalue weighted by molar-refractivity contribution is 7.84. The van der Waals surface area contributed by atoms with Crippen molar-refractivity contribution in [3.05, 3.63) is 28.3 Å². The summed E-state index contributed by atoms with van der Waals surface area (Å²) in [6.07, 6.45) is 5.32. The minimum absolute atomic E-state index is 0.238. The van der Waals surface area contributed by atoms with Crippen LogP contribution in [0.15, 0.2) is 21.5 Å². The highest BCUT2D eigenvalue weighted by atomic mass is 32.2. The van der Waals surface area contributed by atoms with Gasteiger partial charge in [0.25, 0.3) is 0 Å². The molecular formula is C12H18O4S. The first-order valence-corrected chi connectivity index (χ1v) is 7.28. The first kappa shape index (κ1) is 14.0. The highest BCUT2D eigenvalue weighted by Crippen LogP contribution is 2.08. The largest absolute Gasteiger partial charge is 0.502 e. The summed E-state index contributed by atoms with van der Waals surface area (Å²) in [7, 11) is -1.00.